The van der Waals surface area contributed by atoms with Crippen molar-refractivity contribution in [3.8, 4) is 12.3 Å². The van der Waals surface area contributed by atoms with Crippen molar-refractivity contribution in [3.63, 3.8) is 0 Å². The minimum absolute atomic E-state index is 0.258. The topological polar surface area (TPSA) is 53.4 Å². The van der Waals surface area contributed by atoms with Gasteiger partial charge in [-0.15, -0.1) is 12.3 Å². The van der Waals surface area contributed by atoms with E-state index < -0.39 is 5.97 Å². The molecule has 0 bridgehead atoms. The normalized spacial score (nSPS) is 9.50. The van der Waals surface area contributed by atoms with E-state index in [1.165, 1.54) is 12.3 Å². The molecule has 4 heteroatoms. The first kappa shape index (κ1) is 12.1. The molecule has 84 valence electrons. The van der Waals surface area contributed by atoms with Crippen LogP contribution >= 0.6 is 0 Å². The Kier molecular flexibility index (Phi) is 4.34. The Hall–Kier alpha value is -2.02. The predicted octanol–water partition coefficient (Wildman–Crippen LogP) is 1.63. The number of hydrogen-bond acceptors (Lipinski definition) is 3. The highest BCUT2D eigenvalue weighted by Gasteiger charge is 2.14. The van der Waals surface area contributed by atoms with Gasteiger partial charge in [0.05, 0.1) is 17.4 Å². The van der Waals surface area contributed by atoms with Gasteiger partial charge in [0.2, 0.25) is 0 Å². The Morgan fingerprint density at radius 1 is 1.69 bits per heavy atom. The second-order valence-electron chi connectivity index (χ2n) is 3.23. The van der Waals surface area contributed by atoms with Crippen LogP contribution in [0.25, 0.3) is 0 Å². The summed E-state index contributed by atoms with van der Waals surface area (Å²) in [4.78, 5) is 16.9. The Morgan fingerprint density at radius 3 is 3.00 bits per heavy atom. The third-order valence-electron chi connectivity index (χ3n) is 2.28. The van der Waals surface area contributed by atoms with E-state index in [1.54, 1.807) is 6.20 Å². The molecule has 0 saturated carbocycles. The van der Waals surface area contributed by atoms with Crippen LogP contribution in [0.1, 0.15) is 23.7 Å². The Bertz CT molecular complexity index is 410. The summed E-state index contributed by atoms with van der Waals surface area (Å²) >= 11 is 0. The van der Waals surface area contributed by atoms with E-state index in [0.29, 0.717) is 25.2 Å². The largest absolute Gasteiger partial charge is 0.478 e. The maximum atomic E-state index is 11.0. The fourth-order valence-electron chi connectivity index (χ4n) is 1.47. The van der Waals surface area contributed by atoms with Gasteiger partial charge in [-0.25, -0.2) is 4.79 Å². The van der Waals surface area contributed by atoms with E-state index in [2.05, 4.69) is 10.9 Å². The molecule has 4 nitrogen and oxygen atoms in total. The van der Waals surface area contributed by atoms with Crippen LogP contribution in [-0.4, -0.2) is 29.1 Å². The molecule has 0 radical (unpaired) electrons. The van der Waals surface area contributed by atoms with Gasteiger partial charge in [-0.05, 0) is 13.0 Å². The molecule has 0 aromatic carbocycles. The van der Waals surface area contributed by atoms with E-state index >= 15 is 0 Å². The van der Waals surface area contributed by atoms with Crippen molar-refractivity contribution in [1.82, 2.24) is 4.98 Å². The summed E-state index contributed by atoms with van der Waals surface area (Å²) < 4.78 is 0. The van der Waals surface area contributed by atoms with Crippen LogP contribution in [0.15, 0.2) is 18.5 Å². The number of terminal acetylenes is 1. The number of carboxylic acid groups (broad SMARTS) is 1. The lowest BCUT2D eigenvalue weighted by molar-refractivity contribution is 0.0697. The summed E-state index contributed by atoms with van der Waals surface area (Å²) in [6.07, 6.45) is 8.82. The quantitative estimate of drug-likeness (QED) is 0.763. The number of nitrogens with zero attached hydrogens (tertiary/aromatic N) is 2. The SMILES string of the molecule is C#CCCN(CC)c1cnccc1C(=O)O. The van der Waals surface area contributed by atoms with Crippen LogP contribution in [0.4, 0.5) is 5.69 Å². The van der Waals surface area contributed by atoms with Crippen molar-refractivity contribution in [1.29, 1.82) is 0 Å². The van der Waals surface area contributed by atoms with E-state index in [0.717, 1.165) is 0 Å². The molecule has 0 amide bonds. The Balaban J connectivity index is 3.00. The van der Waals surface area contributed by atoms with Gasteiger partial charge in [0.1, 0.15) is 0 Å². The zero-order valence-electron chi connectivity index (χ0n) is 9.18. The molecule has 1 aromatic rings. The first-order valence-corrected chi connectivity index (χ1v) is 5.06. The fourth-order valence-corrected chi connectivity index (χ4v) is 1.47. The van der Waals surface area contributed by atoms with E-state index in [4.69, 9.17) is 11.5 Å². The molecule has 0 unspecified atom stereocenters. The molecule has 0 saturated heterocycles. The van der Waals surface area contributed by atoms with Crippen molar-refractivity contribution in [2.45, 2.75) is 13.3 Å². The van der Waals surface area contributed by atoms with Gasteiger partial charge >= 0.3 is 5.97 Å². The van der Waals surface area contributed by atoms with Crippen LogP contribution in [-0.2, 0) is 0 Å². The summed E-state index contributed by atoms with van der Waals surface area (Å²) in [6, 6.07) is 1.50. The molecule has 0 atom stereocenters. The van der Waals surface area contributed by atoms with Crippen LogP contribution in [0.2, 0.25) is 0 Å². The average Bonchev–Trinajstić information content (AvgIpc) is 2.30. The highest BCUT2D eigenvalue weighted by Crippen LogP contribution is 2.18. The Morgan fingerprint density at radius 2 is 2.44 bits per heavy atom. The van der Waals surface area contributed by atoms with Crippen LogP contribution in [0.5, 0.6) is 0 Å². The third kappa shape index (κ3) is 2.74. The third-order valence-corrected chi connectivity index (χ3v) is 2.28. The number of hydrogen-bond donors (Lipinski definition) is 1. The lowest BCUT2D eigenvalue weighted by Crippen LogP contribution is -2.25. The minimum atomic E-state index is -0.948. The molecule has 0 aliphatic carbocycles. The lowest BCUT2D eigenvalue weighted by Gasteiger charge is -2.23. The first-order chi connectivity index (χ1) is 7.70. The average molecular weight is 218 g/mol. The summed E-state index contributed by atoms with van der Waals surface area (Å²) in [5, 5.41) is 9.04. The summed E-state index contributed by atoms with van der Waals surface area (Å²) in [6.45, 7) is 3.29. The number of aromatic carboxylic acids is 1. The molecule has 16 heavy (non-hydrogen) atoms. The fraction of sp³-hybridized carbons (Fsp3) is 0.333. The minimum Gasteiger partial charge on any atom is -0.478 e. The summed E-state index contributed by atoms with van der Waals surface area (Å²) in [7, 11) is 0. The molecule has 0 spiro atoms. The van der Waals surface area contributed by atoms with Crippen molar-refractivity contribution in [3.05, 3.63) is 24.0 Å². The lowest BCUT2D eigenvalue weighted by atomic mass is 10.2. The molecule has 1 aromatic heterocycles. The monoisotopic (exact) mass is 218 g/mol. The maximum absolute atomic E-state index is 11.0. The standard InChI is InChI=1S/C12H14N2O2/c1-3-5-8-14(4-2)11-9-13-7-6-10(11)12(15)16/h1,6-7,9H,4-5,8H2,2H3,(H,15,16). The molecule has 1 rings (SSSR count). The van der Waals surface area contributed by atoms with Gasteiger partial charge in [0.15, 0.2) is 0 Å². The molecule has 0 aliphatic rings. The second-order valence-corrected chi connectivity index (χ2v) is 3.23. The Labute approximate surface area is 94.9 Å². The molecule has 0 fully saturated rings. The number of pyridine rings is 1. The van der Waals surface area contributed by atoms with Crippen LogP contribution < -0.4 is 4.90 Å². The number of aromatic nitrogens is 1. The number of carboxylic acids is 1. The number of carbonyl (C=O) groups is 1. The zero-order chi connectivity index (χ0) is 12.0. The summed E-state index contributed by atoms with van der Waals surface area (Å²) in [5.41, 5.74) is 0.877. The van der Waals surface area contributed by atoms with Crippen LogP contribution in [0, 0.1) is 12.3 Å². The van der Waals surface area contributed by atoms with Gasteiger partial charge in [0.25, 0.3) is 0 Å². The van der Waals surface area contributed by atoms with Gasteiger partial charge < -0.3 is 10.0 Å². The highest BCUT2D eigenvalue weighted by molar-refractivity contribution is 5.94. The van der Waals surface area contributed by atoms with Gasteiger partial charge in [0, 0.05) is 25.7 Å². The van der Waals surface area contributed by atoms with Gasteiger partial charge in [-0.3, -0.25) is 4.98 Å². The van der Waals surface area contributed by atoms with Crippen LogP contribution in [0.3, 0.4) is 0 Å². The smallest absolute Gasteiger partial charge is 0.337 e. The van der Waals surface area contributed by atoms with Gasteiger partial charge in [-0.1, -0.05) is 0 Å². The summed E-state index contributed by atoms with van der Waals surface area (Å²) in [5.74, 6) is 1.59. The molecular formula is C12H14N2O2. The number of anilines is 1. The van der Waals surface area contributed by atoms with Crippen molar-refractivity contribution < 1.29 is 9.90 Å². The number of rotatable bonds is 5. The maximum Gasteiger partial charge on any atom is 0.337 e. The van der Waals surface area contributed by atoms with Crippen molar-refractivity contribution in [2.75, 3.05) is 18.0 Å². The molecule has 0 aliphatic heterocycles. The highest BCUT2D eigenvalue weighted by atomic mass is 16.4. The predicted molar refractivity (Wildman–Crippen MR) is 62.5 cm³/mol. The van der Waals surface area contributed by atoms with Crippen molar-refractivity contribution in [2.24, 2.45) is 0 Å². The zero-order valence-corrected chi connectivity index (χ0v) is 9.18. The first-order valence-electron chi connectivity index (χ1n) is 5.06. The van der Waals surface area contributed by atoms with E-state index in [9.17, 15) is 4.79 Å². The van der Waals surface area contributed by atoms with Crippen molar-refractivity contribution >= 4 is 11.7 Å². The molecular weight excluding hydrogens is 204 g/mol. The van der Waals surface area contributed by atoms with E-state index in [-0.39, 0.29) is 5.56 Å². The molecule has 1 N–H and O–H groups in total. The van der Waals surface area contributed by atoms with Gasteiger partial charge in [-0.2, -0.15) is 0 Å². The van der Waals surface area contributed by atoms with E-state index in [1.807, 2.05) is 11.8 Å². The molecule has 1 heterocycles. The second kappa shape index (κ2) is 5.76.